The molecular weight excluding hydrogens is 475 g/mol. The Kier molecular flexibility index (Phi) is 7.30. The largest absolute Gasteiger partial charge is 0.497 e. The number of carbonyl (C=O) groups excluding carboxylic acids is 1. The van der Waals surface area contributed by atoms with Crippen molar-refractivity contribution in [2.75, 3.05) is 51.3 Å². The number of likely N-dealkylation sites (tertiary alicyclic amines) is 1. The van der Waals surface area contributed by atoms with Gasteiger partial charge < -0.3 is 25.1 Å². The van der Waals surface area contributed by atoms with E-state index >= 15 is 0 Å². The highest BCUT2D eigenvalue weighted by Gasteiger charge is 2.51. The lowest BCUT2D eigenvalue weighted by molar-refractivity contribution is 0.0640. The number of hydrogen-bond donors (Lipinski definition) is 2. The number of ether oxygens (including phenoxy) is 1. The van der Waals surface area contributed by atoms with Crippen molar-refractivity contribution < 1.29 is 19.0 Å². The second kappa shape index (κ2) is 10.6. The number of aliphatic hydroxyl groups is 1. The number of amides is 2. The smallest absolute Gasteiger partial charge is 0.326 e. The number of urea groups is 1. The average molecular weight is 511 g/mol. The molecule has 1 spiro atoms. The van der Waals surface area contributed by atoms with Crippen LogP contribution in [0.3, 0.4) is 0 Å². The molecule has 1 aromatic carbocycles. The second-order valence-electron chi connectivity index (χ2n) is 10.0. The summed E-state index contributed by atoms with van der Waals surface area (Å²) in [4.78, 5) is 24.8. The van der Waals surface area contributed by atoms with Crippen molar-refractivity contribution in [2.24, 2.45) is 5.10 Å². The number of nitrogens with zero attached hydrogens (tertiary/aromatic N) is 5. The number of pyridine rings is 1. The Morgan fingerprint density at radius 1 is 1.24 bits per heavy atom. The number of piperidine rings is 1. The maximum absolute atomic E-state index is 14.3. The first-order chi connectivity index (χ1) is 18.0. The molecule has 9 nitrogen and oxygen atoms in total. The van der Waals surface area contributed by atoms with Crippen molar-refractivity contribution in [3.63, 3.8) is 0 Å². The molecule has 4 heterocycles. The van der Waals surface area contributed by atoms with Crippen LogP contribution in [-0.4, -0.2) is 84.1 Å². The van der Waals surface area contributed by atoms with Crippen LogP contribution >= 0.6 is 0 Å². The molecule has 1 unspecified atom stereocenters. The Morgan fingerprint density at radius 2 is 2.05 bits per heavy atom. The standard InChI is InChI=1S/C27H35FN6O3/c1-3-24-23(20-15-29-30-16-20)4-5-25(31-24)33-18-27(6-8-32(9-7-27)10-11-35)34(26(33)36)17-19-12-21(28)14-22(13-19)37-2/h4-5,12-15,20,30,35H,3,6-11,16-18H2,1-2H3. The molecule has 2 saturated heterocycles. The molecule has 198 valence electrons. The van der Waals surface area contributed by atoms with Gasteiger partial charge >= 0.3 is 6.03 Å². The number of β-amino-alcohol motifs (C(OH)–C–C–N with tert-alkyl or cyclic N) is 1. The topological polar surface area (TPSA) is 93.5 Å². The van der Waals surface area contributed by atoms with E-state index in [0.29, 0.717) is 30.2 Å². The normalized spacial score (nSPS) is 21.2. The molecule has 2 N–H and O–H groups in total. The van der Waals surface area contributed by atoms with Gasteiger partial charge in [-0.2, -0.15) is 5.10 Å². The minimum Gasteiger partial charge on any atom is -0.497 e. The number of methoxy groups -OCH3 is 1. The highest BCUT2D eigenvalue weighted by molar-refractivity contribution is 5.94. The van der Waals surface area contributed by atoms with E-state index in [1.165, 1.54) is 19.2 Å². The summed E-state index contributed by atoms with van der Waals surface area (Å²) in [5, 5.41) is 13.5. The number of aromatic nitrogens is 1. The van der Waals surface area contributed by atoms with Gasteiger partial charge in [0.1, 0.15) is 17.4 Å². The maximum Gasteiger partial charge on any atom is 0.326 e. The number of carbonyl (C=O) groups is 1. The summed E-state index contributed by atoms with van der Waals surface area (Å²) in [5.74, 6) is 0.858. The van der Waals surface area contributed by atoms with E-state index in [1.807, 2.05) is 17.2 Å². The Morgan fingerprint density at radius 3 is 2.73 bits per heavy atom. The summed E-state index contributed by atoms with van der Waals surface area (Å²) in [5.41, 5.74) is 5.38. The number of hydrogen-bond acceptors (Lipinski definition) is 7. The maximum atomic E-state index is 14.3. The predicted octanol–water partition coefficient (Wildman–Crippen LogP) is 2.73. The monoisotopic (exact) mass is 510 g/mol. The van der Waals surface area contributed by atoms with Crippen molar-refractivity contribution >= 4 is 18.1 Å². The third kappa shape index (κ3) is 5.00. The lowest BCUT2D eigenvalue weighted by atomic mass is 9.86. The van der Waals surface area contributed by atoms with Crippen molar-refractivity contribution in [2.45, 2.75) is 44.2 Å². The Bertz CT molecular complexity index is 1170. The van der Waals surface area contributed by atoms with E-state index in [-0.39, 0.29) is 30.9 Å². The number of rotatable bonds is 8. The molecule has 0 saturated carbocycles. The first kappa shape index (κ1) is 25.4. The van der Waals surface area contributed by atoms with E-state index in [0.717, 1.165) is 50.2 Å². The Hall–Kier alpha value is -3.24. The average Bonchev–Trinajstić information content (AvgIpc) is 3.53. The van der Waals surface area contributed by atoms with Crippen LogP contribution in [0.2, 0.25) is 0 Å². The molecule has 2 aromatic rings. The summed E-state index contributed by atoms with van der Waals surface area (Å²) in [6.45, 7) is 5.92. The van der Waals surface area contributed by atoms with Crippen LogP contribution in [0, 0.1) is 5.82 Å². The first-order valence-electron chi connectivity index (χ1n) is 13.0. The van der Waals surface area contributed by atoms with Crippen molar-refractivity contribution in [1.82, 2.24) is 20.2 Å². The summed E-state index contributed by atoms with van der Waals surface area (Å²) in [7, 11) is 1.51. The van der Waals surface area contributed by atoms with Gasteiger partial charge in [-0.15, -0.1) is 0 Å². The van der Waals surface area contributed by atoms with Crippen LogP contribution in [0.5, 0.6) is 5.75 Å². The van der Waals surface area contributed by atoms with Gasteiger partial charge in [0.15, 0.2) is 0 Å². The molecule has 2 amide bonds. The van der Waals surface area contributed by atoms with Crippen LogP contribution in [0.15, 0.2) is 35.4 Å². The van der Waals surface area contributed by atoms with Crippen LogP contribution < -0.4 is 15.1 Å². The van der Waals surface area contributed by atoms with E-state index in [2.05, 4.69) is 28.4 Å². The number of hydrazone groups is 1. The third-order valence-electron chi connectivity index (χ3n) is 7.86. The fraction of sp³-hybridized carbons (Fsp3) is 0.519. The summed E-state index contributed by atoms with van der Waals surface area (Å²) >= 11 is 0. The highest BCUT2D eigenvalue weighted by atomic mass is 19.1. The zero-order valence-corrected chi connectivity index (χ0v) is 21.5. The number of anilines is 1. The molecule has 37 heavy (non-hydrogen) atoms. The van der Waals surface area contributed by atoms with E-state index in [9.17, 15) is 14.3 Å². The molecule has 2 fully saturated rings. The summed E-state index contributed by atoms with van der Waals surface area (Å²) in [6.07, 6.45) is 4.19. The van der Waals surface area contributed by atoms with Gasteiger partial charge in [0.2, 0.25) is 0 Å². The third-order valence-corrected chi connectivity index (χ3v) is 7.86. The molecule has 3 aliphatic heterocycles. The van der Waals surface area contributed by atoms with E-state index < -0.39 is 5.54 Å². The Balaban J connectivity index is 1.46. The number of nitrogens with one attached hydrogen (secondary N) is 1. The number of benzene rings is 1. The number of aryl methyl sites for hydroxylation is 1. The minimum atomic E-state index is -0.405. The molecule has 0 aliphatic carbocycles. The molecule has 1 aromatic heterocycles. The lowest BCUT2D eigenvalue weighted by Gasteiger charge is -2.43. The van der Waals surface area contributed by atoms with Gasteiger partial charge in [-0.3, -0.25) is 4.90 Å². The van der Waals surface area contributed by atoms with E-state index in [1.54, 1.807) is 11.0 Å². The van der Waals surface area contributed by atoms with Gasteiger partial charge in [-0.05, 0) is 48.6 Å². The SMILES string of the molecule is CCc1nc(N2CC3(CCN(CCO)CC3)N(Cc3cc(F)cc(OC)c3)C2=O)ccc1C1C=NNC1. The fourth-order valence-electron chi connectivity index (χ4n) is 5.79. The molecule has 0 bridgehead atoms. The minimum absolute atomic E-state index is 0.113. The van der Waals surface area contributed by atoms with Gasteiger partial charge in [-0.25, -0.2) is 14.2 Å². The van der Waals surface area contributed by atoms with Crippen LogP contribution in [0.1, 0.15) is 42.5 Å². The molecule has 10 heteroatoms. The zero-order chi connectivity index (χ0) is 26.0. The fourth-order valence-corrected chi connectivity index (χ4v) is 5.79. The summed E-state index contributed by atoms with van der Waals surface area (Å²) in [6, 6.07) is 8.47. The number of aliphatic hydroxyl groups excluding tert-OH is 1. The van der Waals surface area contributed by atoms with Gasteiger partial charge in [0.25, 0.3) is 0 Å². The molecular formula is C27H35FN6O3. The van der Waals surface area contributed by atoms with Crippen molar-refractivity contribution in [3.8, 4) is 5.75 Å². The van der Waals surface area contributed by atoms with Crippen LogP contribution in [0.4, 0.5) is 15.0 Å². The van der Waals surface area contributed by atoms with Gasteiger partial charge in [-0.1, -0.05) is 13.0 Å². The predicted molar refractivity (Wildman–Crippen MR) is 140 cm³/mol. The van der Waals surface area contributed by atoms with Crippen LogP contribution in [-0.2, 0) is 13.0 Å². The summed E-state index contributed by atoms with van der Waals surface area (Å²) < 4.78 is 19.6. The van der Waals surface area contributed by atoms with Gasteiger partial charge in [0.05, 0.1) is 25.8 Å². The first-order valence-corrected chi connectivity index (χ1v) is 13.0. The van der Waals surface area contributed by atoms with Crippen molar-refractivity contribution in [1.29, 1.82) is 0 Å². The van der Waals surface area contributed by atoms with Gasteiger partial charge in [0, 0.05) is 56.6 Å². The molecule has 1 atom stereocenters. The molecule has 5 rings (SSSR count). The quantitative estimate of drug-likeness (QED) is 0.567. The van der Waals surface area contributed by atoms with Crippen molar-refractivity contribution in [3.05, 3.63) is 53.0 Å². The Labute approximate surface area is 216 Å². The number of halogens is 1. The molecule has 3 aliphatic rings. The highest BCUT2D eigenvalue weighted by Crippen LogP contribution is 2.39. The van der Waals surface area contributed by atoms with Crippen LogP contribution in [0.25, 0.3) is 0 Å². The zero-order valence-electron chi connectivity index (χ0n) is 21.5. The molecule has 0 radical (unpaired) electrons. The second-order valence-corrected chi connectivity index (χ2v) is 10.0. The lowest BCUT2D eigenvalue weighted by Crippen LogP contribution is -2.54. The van der Waals surface area contributed by atoms with E-state index in [4.69, 9.17) is 9.72 Å².